The van der Waals surface area contributed by atoms with Gasteiger partial charge in [-0.25, -0.2) is 24.1 Å². The number of carboxylic acid groups (broad SMARTS) is 2. The quantitative estimate of drug-likeness (QED) is 0.105. The van der Waals surface area contributed by atoms with Gasteiger partial charge in [-0.2, -0.15) is 0 Å². The minimum Gasteiger partial charge on any atom is -0.550 e. The van der Waals surface area contributed by atoms with E-state index in [1.807, 2.05) is 57.2 Å². The van der Waals surface area contributed by atoms with Crippen LogP contribution in [0.3, 0.4) is 0 Å². The molecule has 9 aliphatic rings. The average Bonchev–Trinajstić information content (AvgIpc) is 4.06. The predicted molar refractivity (Wildman–Crippen MR) is 261 cm³/mol. The number of allylic oxidation sites excluding steroid dienone is 4. The van der Waals surface area contributed by atoms with Gasteiger partial charge in [-0.15, -0.1) is 0 Å². The fraction of sp³-hybridized carbons (Fsp3) is 0.692. The standard InChI is InChI=1S/C13H20N2O3.2C13H19NO4.C13H17NO3.H3N/c1-13(2,3)18-12(17)15-10-8-5-4-7(6-8)9(10)11(14)16;2*1-13(2,3)18-12(17)14-10-8-5-4-7(6-8)9(10)11(15)16;1-13(2,3)17-12(16)14-10-8-5-4-7(6-8)9(10)11(14)15;/h4-5,7-10H,6H2,1-3H3,(H2,14,16)(H,15,17);2*4-5,7-10H,6H2,1-3H3,(H,14,17)(H,15,16);4-5,7-10H,6H2,1-3H3;1H3/t7-,8+,9+,10-;2*7-,8+,9-,10+;7-,8+,9+,10-;/m1111./s1. The van der Waals surface area contributed by atoms with E-state index >= 15 is 0 Å². The fourth-order valence-electron chi connectivity index (χ4n) is 11.7. The minimum absolute atomic E-state index is 0. The van der Waals surface area contributed by atoms with Crippen molar-refractivity contribution in [1.29, 1.82) is 0 Å². The molecule has 0 spiro atoms. The van der Waals surface area contributed by atoms with Gasteiger partial charge < -0.3 is 61.8 Å². The first-order chi connectivity index (χ1) is 32.7. The molecule has 1 aliphatic heterocycles. The number of fused-ring (bicyclic) bond motifs is 11. The number of β-lactam (4-membered cyclic amide) rings is 1. The highest BCUT2D eigenvalue weighted by atomic mass is 16.6. The summed E-state index contributed by atoms with van der Waals surface area (Å²) in [6, 6.07) is -0.938. The van der Waals surface area contributed by atoms with E-state index in [-0.39, 0.29) is 83.4 Å². The smallest absolute Gasteiger partial charge is 0.417 e. The Morgan fingerprint density at radius 2 is 0.847 bits per heavy atom. The largest absolute Gasteiger partial charge is 0.550 e. The third kappa shape index (κ3) is 13.4. The Labute approximate surface area is 422 Å². The summed E-state index contributed by atoms with van der Waals surface area (Å²) < 4.78 is 20.8. The molecular formula is C52H78N6O14. The molecular weight excluding hydrogens is 933 g/mol. The van der Waals surface area contributed by atoms with Crippen LogP contribution < -0.4 is 32.9 Å². The average molecular weight is 1010 g/mol. The molecule has 16 atom stereocenters. The number of imide groups is 1. The number of carbonyl (C=O) groups excluding carboxylic acids is 7. The molecule has 400 valence electrons. The Balaban J connectivity index is 0.000000177. The van der Waals surface area contributed by atoms with Gasteiger partial charge in [0.1, 0.15) is 22.4 Å². The maximum atomic E-state index is 12.0. The number of aliphatic carboxylic acids is 2. The number of nitrogens with one attached hydrogen (secondary N) is 3. The lowest BCUT2D eigenvalue weighted by molar-refractivity contribution is -0.313. The van der Waals surface area contributed by atoms with Crippen molar-refractivity contribution in [3.05, 3.63) is 48.6 Å². The van der Waals surface area contributed by atoms with E-state index in [2.05, 4.69) is 28.1 Å². The topological polar surface area (TPSA) is 319 Å². The number of quaternary nitrogens is 1. The van der Waals surface area contributed by atoms with E-state index < -0.39 is 76.6 Å². The second-order valence-corrected chi connectivity index (χ2v) is 24.2. The first-order valence-corrected chi connectivity index (χ1v) is 24.7. The first kappa shape index (κ1) is 57.0. The van der Waals surface area contributed by atoms with Gasteiger partial charge in [0, 0.05) is 17.9 Å². The van der Waals surface area contributed by atoms with E-state index in [1.54, 1.807) is 62.3 Å². The number of amides is 6. The number of carbonyl (C=O) groups is 8. The van der Waals surface area contributed by atoms with Crippen molar-refractivity contribution in [2.24, 2.45) is 76.7 Å². The number of likely N-dealkylation sites (tertiary alicyclic amines) is 1. The van der Waals surface area contributed by atoms with Gasteiger partial charge in [-0.05, 0) is 156 Å². The Morgan fingerprint density at radius 3 is 1.22 bits per heavy atom. The van der Waals surface area contributed by atoms with Crippen LogP contribution in [0, 0.1) is 71.0 Å². The highest BCUT2D eigenvalue weighted by molar-refractivity contribution is 6.00. The molecule has 1 heterocycles. The Morgan fingerprint density at radius 1 is 0.528 bits per heavy atom. The zero-order chi connectivity index (χ0) is 52.9. The summed E-state index contributed by atoms with van der Waals surface area (Å²) in [5, 5.41) is 28.5. The molecule has 0 aromatic rings. The maximum Gasteiger partial charge on any atom is 0.417 e. The van der Waals surface area contributed by atoms with Crippen molar-refractivity contribution >= 4 is 48.1 Å². The minimum atomic E-state index is -1.10. The van der Waals surface area contributed by atoms with Crippen molar-refractivity contribution in [2.75, 3.05) is 0 Å². The second kappa shape index (κ2) is 21.3. The summed E-state index contributed by atoms with van der Waals surface area (Å²) in [4.78, 5) is 94.2. The highest BCUT2D eigenvalue weighted by Crippen LogP contribution is 2.53. The third-order valence-electron chi connectivity index (χ3n) is 14.1. The van der Waals surface area contributed by atoms with Crippen molar-refractivity contribution < 1.29 is 67.5 Å². The van der Waals surface area contributed by atoms with Crippen molar-refractivity contribution in [2.45, 2.75) is 155 Å². The summed E-state index contributed by atoms with van der Waals surface area (Å²) in [5.74, 6) is -2.56. The SMILES string of the molecule is CC(C)(C)OC(=O)N1C(=O)[C@@H]2[C@H]1[C@H]1C=C[C@@H]2C1.CC(C)(C)OC(=O)N[C@@H]1[C@H](C(=O)O)[C@@H]2C=C[C@H]1C2.CC(C)(C)OC(=O)N[C@@H]1[C@H](C(=O)[O-])[C@@H]2C=C[C@H]1C2.CC(C)(C)OC(=O)N[C@H]1[C@@H](C(N)=O)[C@@H]2C=C[C@H]1C2.[NH4+]. The molecule has 0 radical (unpaired) electrons. The van der Waals surface area contributed by atoms with Crippen LogP contribution in [0.15, 0.2) is 48.6 Å². The lowest BCUT2D eigenvalue weighted by Crippen LogP contribution is -2.65. The zero-order valence-electron chi connectivity index (χ0n) is 44.0. The highest BCUT2D eigenvalue weighted by Gasteiger charge is 2.63. The number of nitrogens with zero attached hydrogens (tertiary/aromatic N) is 1. The molecule has 9 rings (SSSR count). The van der Waals surface area contributed by atoms with E-state index in [0.717, 1.165) is 25.7 Å². The maximum absolute atomic E-state index is 12.0. The van der Waals surface area contributed by atoms with E-state index in [4.69, 9.17) is 24.7 Å². The van der Waals surface area contributed by atoms with E-state index in [9.17, 15) is 48.6 Å². The van der Waals surface area contributed by atoms with Gasteiger partial charge in [0.05, 0.1) is 35.9 Å². The number of alkyl carbamates (subject to hydrolysis) is 3. The molecule has 8 aliphatic carbocycles. The van der Waals surface area contributed by atoms with E-state index in [1.165, 1.54) is 4.90 Å². The molecule has 72 heavy (non-hydrogen) atoms. The fourth-order valence-corrected chi connectivity index (χ4v) is 11.7. The number of carboxylic acids is 2. The van der Waals surface area contributed by atoms with Gasteiger partial charge in [0.25, 0.3) is 0 Å². The van der Waals surface area contributed by atoms with Gasteiger partial charge in [0.2, 0.25) is 11.8 Å². The lowest BCUT2D eigenvalue weighted by Gasteiger charge is -2.46. The Kier molecular flexibility index (Phi) is 16.8. The van der Waals surface area contributed by atoms with Crippen LogP contribution in [0.25, 0.3) is 0 Å². The van der Waals surface area contributed by atoms with Crippen molar-refractivity contribution in [3.8, 4) is 0 Å². The molecule has 6 amide bonds. The molecule has 20 heteroatoms. The molecule has 0 unspecified atom stereocenters. The van der Waals surface area contributed by atoms with Gasteiger partial charge >= 0.3 is 30.3 Å². The molecule has 20 nitrogen and oxygen atoms in total. The van der Waals surface area contributed by atoms with Crippen LogP contribution >= 0.6 is 0 Å². The second-order valence-electron chi connectivity index (χ2n) is 24.2. The van der Waals surface area contributed by atoms with E-state index in [0.29, 0.717) is 11.8 Å². The van der Waals surface area contributed by atoms with Crippen LogP contribution in [0.2, 0.25) is 0 Å². The molecule has 8 bridgehead atoms. The summed E-state index contributed by atoms with van der Waals surface area (Å²) in [6.07, 6.45) is 17.5. The first-order valence-electron chi connectivity index (χ1n) is 24.7. The monoisotopic (exact) mass is 1010 g/mol. The number of hydrogen-bond donors (Lipinski definition) is 6. The molecule has 0 aromatic carbocycles. The Hall–Kier alpha value is -5.92. The normalized spacial score (nSPS) is 34.1. The van der Waals surface area contributed by atoms with Gasteiger partial charge in [-0.1, -0.05) is 48.6 Å². The zero-order valence-corrected chi connectivity index (χ0v) is 44.0. The number of primary amides is 1. The third-order valence-corrected chi connectivity index (χ3v) is 14.1. The molecule has 10 N–H and O–H groups in total. The molecule has 1 saturated heterocycles. The van der Waals surface area contributed by atoms with Crippen molar-refractivity contribution in [3.63, 3.8) is 0 Å². The number of rotatable bonds is 6. The Bertz CT molecular complexity index is 2050. The summed E-state index contributed by atoms with van der Waals surface area (Å²) in [5.41, 5.74) is 3.16. The van der Waals surface area contributed by atoms with Crippen LogP contribution in [-0.2, 0) is 38.1 Å². The number of nitrogens with two attached hydrogens (primary N) is 1. The molecule has 0 aromatic heterocycles. The van der Waals surface area contributed by atoms with Crippen LogP contribution in [0.1, 0.15) is 109 Å². The van der Waals surface area contributed by atoms with Crippen LogP contribution in [0.5, 0.6) is 0 Å². The molecule has 5 fully saturated rings. The van der Waals surface area contributed by atoms with Crippen LogP contribution in [-0.4, -0.2) is 105 Å². The number of hydrogen-bond acceptors (Lipinski definition) is 13. The molecule has 4 saturated carbocycles. The lowest BCUT2D eigenvalue weighted by atomic mass is 9.80. The predicted octanol–water partition coefficient (Wildman–Crippen LogP) is 5.76. The van der Waals surface area contributed by atoms with Gasteiger partial charge in [0.15, 0.2) is 0 Å². The van der Waals surface area contributed by atoms with Gasteiger partial charge in [-0.3, -0.25) is 14.4 Å². The summed E-state index contributed by atoms with van der Waals surface area (Å²) >= 11 is 0. The summed E-state index contributed by atoms with van der Waals surface area (Å²) in [7, 11) is 0. The summed E-state index contributed by atoms with van der Waals surface area (Å²) in [6.45, 7) is 21.5. The van der Waals surface area contributed by atoms with Crippen LogP contribution in [0.4, 0.5) is 19.2 Å². The number of ether oxygens (including phenoxy) is 4. The van der Waals surface area contributed by atoms with Crippen molar-refractivity contribution in [1.82, 2.24) is 27.0 Å².